The lowest BCUT2D eigenvalue weighted by atomic mass is 9.91. The number of carbonyl (C=O) groups is 1. The van der Waals surface area contributed by atoms with Crippen molar-refractivity contribution in [2.75, 3.05) is 26.2 Å². The van der Waals surface area contributed by atoms with E-state index in [4.69, 9.17) is 9.57 Å². The van der Waals surface area contributed by atoms with Gasteiger partial charge in [0.25, 0.3) is 5.91 Å². The molecule has 0 bridgehead atoms. The SMILES string of the molecule is O=C([C@@H]1C[C@H]2CCN(Cc3ccccn3)C[C@@H]2O1)N1CCCO1. The van der Waals surface area contributed by atoms with E-state index in [2.05, 4.69) is 16.0 Å². The monoisotopic (exact) mass is 317 g/mol. The number of hydroxylamine groups is 2. The Balaban J connectivity index is 1.34. The van der Waals surface area contributed by atoms with Crippen molar-refractivity contribution in [2.45, 2.75) is 38.0 Å². The minimum atomic E-state index is -0.321. The molecule has 3 atom stereocenters. The fraction of sp³-hybridized carbons (Fsp3) is 0.647. The molecular weight excluding hydrogens is 294 g/mol. The van der Waals surface area contributed by atoms with Crippen molar-refractivity contribution >= 4 is 5.91 Å². The van der Waals surface area contributed by atoms with E-state index in [0.29, 0.717) is 19.1 Å². The van der Waals surface area contributed by atoms with Crippen molar-refractivity contribution in [1.82, 2.24) is 14.9 Å². The quantitative estimate of drug-likeness (QED) is 0.839. The molecule has 0 aliphatic carbocycles. The molecule has 3 saturated heterocycles. The predicted molar refractivity (Wildman–Crippen MR) is 83.2 cm³/mol. The van der Waals surface area contributed by atoms with Gasteiger partial charge in [-0.15, -0.1) is 0 Å². The summed E-state index contributed by atoms with van der Waals surface area (Å²) in [6.07, 6.45) is 4.51. The summed E-state index contributed by atoms with van der Waals surface area (Å²) in [6.45, 7) is 4.11. The smallest absolute Gasteiger partial charge is 0.275 e. The van der Waals surface area contributed by atoms with Gasteiger partial charge in [0.2, 0.25) is 0 Å². The molecule has 0 aromatic carbocycles. The summed E-state index contributed by atoms with van der Waals surface area (Å²) in [4.78, 5) is 24.6. The lowest BCUT2D eigenvalue weighted by Gasteiger charge is -2.33. The molecule has 3 aliphatic heterocycles. The number of hydrogen-bond donors (Lipinski definition) is 0. The van der Waals surface area contributed by atoms with Gasteiger partial charge >= 0.3 is 0 Å². The zero-order valence-corrected chi connectivity index (χ0v) is 13.3. The van der Waals surface area contributed by atoms with E-state index in [1.807, 2.05) is 18.3 Å². The number of fused-ring (bicyclic) bond motifs is 1. The number of aromatic nitrogens is 1. The zero-order chi connectivity index (χ0) is 15.6. The van der Waals surface area contributed by atoms with Gasteiger partial charge in [-0.3, -0.25) is 19.5 Å². The summed E-state index contributed by atoms with van der Waals surface area (Å²) < 4.78 is 6.07. The van der Waals surface area contributed by atoms with E-state index in [1.54, 1.807) is 0 Å². The Hall–Kier alpha value is -1.50. The van der Waals surface area contributed by atoms with Crippen LogP contribution >= 0.6 is 0 Å². The van der Waals surface area contributed by atoms with Gasteiger partial charge in [-0.05, 0) is 43.9 Å². The van der Waals surface area contributed by atoms with Crippen LogP contribution in [0.5, 0.6) is 0 Å². The van der Waals surface area contributed by atoms with Crippen molar-refractivity contribution in [2.24, 2.45) is 5.92 Å². The number of amides is 1. The van der Waals surface area contributed by atoms with Crippen molar-refractivity contribution in [3.63, 3.8) is 0 Å². The Kier molecular flexibility index (Phi) is 4.29. The second-order valence-electron chi connectivity index (χ2n) is 6.63. The molecule has 1 amide bonds. The summed E-state index contributed by atoms with van der Waals surface area (Å²) in [5.41, 5.74) is 1.09. The van der Waals surface area contributed by atoms with E-state index < -0.39 is 0 Å². The van der Waals surface area contributed by atoms with Crippen LogP contribution in [0.1, 0.15) is 25.0 Å². The molecule has 0 saturated carbocycles. The Morgan fingerprint density at radius 1 is 1.35 bits per heavy atom. The molecule has 0 spiro atoms. The molecule has 6 heteroatoms. The number of carbonyl (C=O) groups excluding carboxylic acids is 1. The fourth-order valence-electron chi connectivity index (χ4n) is 3.80. The summed E-state index contributed by atoms with van der Waals surface area (Å²) in [7, 11) is 0. The highest BCUT2D eigenvalue weighted by molar-refractivity contribution is 5.80. The first-order valence-electron chi connectivity index (χ1n) is 8.51. The first-order valence-corrected chi connectivity index (χ1v) is 8.51. The summed E-state index contributed by atoms with van der Waals surface area (Å²) in [6, 6.07) is 6.01. The maximum atomic E-state index is 12.4. The topological polar surface area (TPSA) is 54.9 Å². The number of likely N-dealkylation sites (tertiary alicyclic amines) is 1. The van der Waals surface area contributed by atoms with Crippen molar-refractivity contribution in [1.29, 1.82) is 0 Å². The molecule has 3 fully saturated rings. The lowest BCUT2D eigenvalue weighted by molar-refractivity contribution is -0.180. The zero-order valence-electron chi connectivity index (χ0n) is 13.3. The average Bonchev–Trinajstić information content (AvgIpc) is 3.24. The van der Waals surface area contributed by atoms with Crippen molar-refractivity contribution in [3.05, 3.63) is 30.1 Å². The van der Waals surface area contributed by atoms with Gasteiger partial charge in [-0.1, -0.05) is 6.07 Å². The number of pyridine rings is 1. The minimum absolute atomic E-state index is 0.00757. The normalized spacial score (nSPS) is 31.3. The molecule has 124 valence electrons. The number of piperidine rings is 1. The van der Waals surface area contributed by atoms with Gasteiger partial charge in [-0.2, -0.15) is 0 Å². The largest absolute Gasteiger partial charge is 0.363 e. The number of nitrogens with zero attached hydrogens (tertiary/aromatic N) is 3. The molecule has 6 nitrogen and oxygen atoms in total. The third-order valence-corrected chi connectivity index (χ3v) is 5.02. The van der Waals surface area contributed by atoms with Crippen LogP contribution in [-0.4, -0.2) is 59.3 Å². The maximum absolute atomic E-state index is 12.4. The van der Waals surface area contributed by atoms with Gasteiger partial charge in [0.1, 0.15) is 6.10 Å². The van der Waals surface area contributed by atoms with Crippen LogP contribution in [0.15, 0.2) is 24.4 Å². The van der Waals surface area contributed by atoms with Crippen molar-refractivity contribution in [3.8, 4) is 0 Å². The minimum Gasteiger partial charge on any atom is -0.363 e. The molecule has 1 aromatic heterocycles. The van der Waals surface area contributed by atoms with Gasteiger partial charge in [0.05, 0.1) is 24.9 Å². The highest BCUT2D eigenvalue weighted by Gasteiger charge is 2.43. The van der Waals surface area contributed by atoms with E-state index >= 15 is 0 Å². The molecule has 3 aliphatic rings. The fourth-order valence-corrected chi connectivity index (χ4v) is 3.80. The summed E-state index contributed by atoms with van der Waals surface area (Å²) >= 11 is 0. The molecule has 4 heterocycles. The van der Waals surface area contributed by atoms with Crippen LogP contribution < -0.4 is 0 Å². The summed E-state index contributed by atoms with van der Waals surface area (Å²) in [5, 5.41) is 1.49. The van der Waals surface area contributed by atoms with E-state index in [1.165, 1.54) is 5.06 Å². The third-order valence-electron chi connectivity index (χ3n) is 5.02. The molecule has 0 unspecified atom stereocenters. The Bertz CT molecular complexity index is 547. The Morgan fingerprint density at radius 3 is 3.09 bits per heavy atom. The lowest BCUT2D eigenvalue weighted by Crippen LogP contribution is -2.42. The summed E-state index contributed by atoms with van der Waals surface area (Å²) in [5.74, 6) is 0.500. The molecule has 0 N–H and O–H groups in total. The average molecular weight is 317 g/mol. The van der Waals surface area contributed by atoms with Crippen LogP contribution in [0.4, 0.5) is 0 Å². The van der Waals surface area contributed by atoms with E-state index in [-0.39, 0.29) is 18.1 Å². The van der Waals surface area contributed by atoms with Crippen LogP contribution in [0.25, 0.3) is 0 Å². The molecule has 4 rings (SSSR count). The Labute approximate surface area is 136 Å². The first-order chi connectivity index (χ1) is 11.3. The van der Waals surface area contributed by atoms with Gasteiger partial charge in [0.15, 0.2) is 0 Å². The highest BCUT2D eigenvalue weighted by atomic mass is 16.7. The number of ether oxygens (including phenoxy) is 1. The number of hydrogen-bond acceptors (Lipinski definition) is 5. The second kappa shape index (κ2) is 6.55. The predicted octanol–water partition coefficient (Wildman–Crippen LogP) is 1.22. The second-order valence-corrected chi connectivity index (χ2v) is 6.63. The molecule has 23 heavy (non-hydrogen) atoms. The van der Waals surface area contributed by atoms with Crippen LogP contribution in [-0.2, 0) is 20.9 Å². The van der Waals surface area contributed by atoms with Crippen molar-refractivity contribution < 1.29 is 14.4 Å². The third kappa shape index (κ3) is 3.24. The standard InChI is InChI=1S/C17H23N3O3/c21-17(20-7-3-9-22-20)15-10-13-5-8-19(12-16(13)23-15)11-14-4-1-2-6-18-14/h1-2,4,6,13,15-16H,3,5,7-12H2/t13-,15+,16+/m1/s1. The number of rotatable bonds is 3. The van der Waals surface area contributed by atoms with E-state index in [0.717, 1.165) is 44.6 Å². The van der Waals surface area contributed by atoms with E-state index in [9.17, 15) is 4.79 Å². The maximum Gasteiger partial charge on any atom is 0.275 e. The molecule has 0 radical (unpaired) electrons. The van der Waals surface area contributed by atoms with Gasteiger partial charge < -0.3 is 4.74 Å². The van der Waals surface area contributed by atoms with Crippen LogP contribution in [0.3, 0.4) is 0 Å². The van der Waals surface area contributed by atoms with Gasteiger partial charge in [-0.25, -0.2) is 5.06 Å². The Morgan fingerprint density at radius 2 is 2.30 bits per heavy atom. The van der Waals surface area contributed by atoms with Gasteiger partial charge in [0, 0.05) is 19.3 Å². The molecule has 1 aromatic rings. The highest BCUT2D eigenvalue weighted by Crippen LogP contribution is 2.34. The molecular formula is C17H23N3O3. The first kappa shape index (κ1) is 15.1. The van der Waals surface area contributed by atoms with Crippen LogP contribution in [0, 0.1) is 5.92 Å². The van der Waals surface area contributed by atoms with Crippen LogP contribution in [0.2, 0.25) is 0 Å².